The summed E-state index contributed by atoms with van der Waals surface area (Å²) in [5.74, 6) is -0.296. The van der Waals surface area contributed by atoms with E-state index in [2.05, 4.69) is 5.32 Å². The van der Waals surface area contributed by atoms with Crippen molar-refractivity contribution < 1.29 is 13.9 Å². The molecule has 0 spiro atoms. The molecule has 4 heteroatoms. The van der Waals surface area contributed by atoms with Crippen LogP contribution in [0.4, 0.5) is 10.1 Å². The molecule has 0 aliphatic heterocycles. The molecular formula is C16H16FNO2. The lowest BCUT2D eigenvalue weighted by atomic mass is 10.1. The zero-order valence-electron chi connectivity index (χ0n) is 11.7. The number of methoxy groups -OCH3 is 1. The number of hydrogen-bond donors (Lipinski definition) is 1. The van der Waals surface area contributed by atoms with E-state index in [-0.39, 0.29) is 5.56 Å². The molecule has 2 rings (SSSR count). The van der Waals surface area contributed by atoms with E-state index in [1.807, 2.05) is 19.9 Å². The van der Waals surface area contributed by atoms with Gasteiger partial charge in [-0.25, -0.2) is 4.39 Å². The molecule has 0 saturated heterocycles. The van der Waals surface area contributed by atoms with Crippen molar-refractivity contribution in [2.45, 2.75) is 13.8 Å². The van der Waals surface area contributed by atoms with Crippen LogP contribution in [0.1, 0.15) is 21.5 Å². The van der Waals surface area contributed by atoms with Crippen molar-refractivity contribution >= 4 is 11.6 Å². The summed E-state index contributed by atoms with van der Waals surface area (Å²) in [6, 6.07) is 9.52. The first-order chi connectivity index (χ1) is 9.54. The van der Waals surface area contributed by atoms with Gasteiger partial charge in [0.2, 0.25) is 0 Å². The Morgan fingerprint density at radius 2 is 1.85 bits per heavy atom. The van der Waals surface area contributed by atoms with E-state index in [4.69, 9.17) is 4.74 Å². The predicted molar refractivity (Wildman–Crippen MR) is 76.8 cm³/mol. The summed E-state index contributed by atoms with van der Waals surface area (Å²) in [5.41, 5.74) is 2.43. The predicted octanol–water partition coefficient (Wildman–Crippen LogP) is 3.70. The van der Waals surface area contributed by atoms with E-state index >= 15 is 0 Å². The topological polar surface area (TPSA) is 38.3 Å². The normalized spacial score (nSPS) is 10.2. The second-order valence-corrected chi connectivity index (χ2v) is 4.52. The number of carbonyl (C=O) groups excluding carboxylic acids is 1. The average molecular weight is 273 g/mol. The van der Waals surface area contributed by atoms with Crippen LogP contribution in [0.3, 0.4) is 0 Å². The highest BCUT2D eigenvalue weighted by Gasteiger charge is 2.14. The second-order valence-electron chi connectivity index (χ2n) is 4.52. The Morgan fingerprint density at radius 1 is 1.15 bits per heavy atom. The molecule has 0 radical (unpaired) electrons. The van der Waals surface area contributed by atoms with Gasteiger partial charge in [-0.1, -0.05) is 18.2 Å². The van der Waals surface area contributed by atoms with E-state index in [0.29, 0.717) is 5.69 Å². The molecule has 0 aliphatic carbocycles. The molecule has 0 saturated carbocycles. The Kier molecular flexibility index (Phi) is 4.03. The third kappa shape index (κ3) is 2.64. The van der Waals surface area contributed by atoms with Gasteiger partial charge in [0, 0.05) is 11.3 Å². The lowest BCUT2D eigenvalue weighted by molar-refractivity contribution is 0.102. The second kappa shape index (κ2) is 5.74. The van der Waals surface area contributed by atoms with E-state index < -0.39 is 11.7 Å². The maximum Gasteiger partial charge on any atom is 0.258 e. The lowest BCUT2D eigenvalue weighted by Crippen LogP contribution is -2.14. The Hall–Kier alpha value is -2.36. The Morgan fingerprint density at radius 3 is 2.50 bits per heavy atom. The summed E-state index contributed by atoms with van der Waals surface area (Å²) in [7, 11) is 1.58. The fraction of sp³-hybridized carbons (Fsp3) is 0.188. The lowest BCUT2D eigenvalue weighted by Gasteiger charge is -2.14. The largest absolute Gasteiger partial charge is 0.496 e. The summed E-state index contributed by atoms with van der Waals surface area (Å²) >= 11 is 0. The van der Waals surface area contributed by atoms with Crippen LogP contribution in [-0.2, 0) is 0 Å². The fourth-order valence-electron chi connectivity index (χ4n) is 2.11. The molecule has 2 aromatic rings. The quantitative estimate of drug-likeness (QED) is 0.926. The van der Waals surface area contributed by atoms with Gasteiger partial charge >= 0.3 is 0 Å². The number of benzene rings is 2. The van der Waals surface area contributed by atoms with Gasteiger partial charge < -0.3 is 10.1 Å². The zero-order chi connectivity index (χ0) is 14.7. The van der Waals surface area contributed by atoms with E-state index in [0.717, 1.165) is 16.9 Å². The number of anilines is 1. The van der Waals surface area contributed by atoms with Gasteiger partial charge in [-0.15, -0.1) is 0 Å². The molecule has 2 aromatic carbocycles. The van der Waals surface area contributed by atoms with Crippen LogP contribution in [-0.4, -0.2) is 13.0 Å². The van der Waals surface area contributed by atoms with Crippen LogP contribution in [0.15, 0.2) is 36.4 Å². The standard InChI is InChI=1S/C16H16FNO2/c1-10-8-9-14(11(2)15(10)20-3)18-16(19)12-6-4-5-7-13(12)17/h4-9H,1-3H3,(H,18,19). The van der Waals surface area contributed by atoms with Crippen LogP contribution in [0.25, 0.3) is 0 Å². The van der Waals surface area contributed by atoms with Gasteiger partial charge in [0.05, 0.1) is 12.7 Å². The van der Waals surface area contributed by atoms with Gasteiger partial charge in [0.25, 0.3) is 5.91 Å². The van der Waals surface area contributed by atoms with Crippen LogP contribution >= 0.6 is 0 Å². The summed E-state index contributed by atoms with van der Waals surface area (Å²) in [6.45, 7) is 3.77. The highest BCUT2D eigenvalue weighted by atomic mass is 19.1. The molecular weight excluding hydrogens is 257 g/mol. The van der Waals surface area contributed by atoms with Crippen molar-refractivity contribution in [3.05, 3.63) is 58.9 Å². The zero-order valence-corrected chi connectivity index (χ0v) is 11.7. The molecule has 0 heterocycles. The molecule has 0 atom stereocenters. The highest BCUT2D eigenvalue weighted by molar-refractivity contribution is 6.05. The summed E-state index contributed by atoms with van der Waals surface area (Å²) in [4.78, 5) is 12.1. The molecule has 104 valence electrons. The summed E-state index contributed by atoms with van der Waals surface area (Å²) < 4.78 is 18.9. The molecule has 0 aliphatic rings. The van der Waals surface area contributed by atoms with Gasteiger partial charge in [-0.3, -0.25) is 4.79 Å². The fourth-order valence-corrected chi connectivity index (χ4v) is 2.11. The maximum absolute atomic E-state index is 13.6. The van der Waals surface area contributed by atoms with Crippen molar-refractivity contribution in [1.29, 1.82) is 0 Å². The number of rotatable bonds is 3. The van der Waals surface area contributed by atoms with Crippen LogP contribution in [0.2, 0.25) is 0 Å². The molecule has 20 heavy (non-hydrogen) atoms. The number of aryl methyl sites for hydroxylation is 1. The first kappa shape index (κ1) is 14.1. The molecule has 0 fully saturated rings. The van der Waals surface area contributed by atoms with Gasteiger partial charge in [-0.2, -0.15) is 0 Å². The first-order valence-electron chi connectivity index (χ1n) is 6.24. The molecule has 0 unspecified atom stereocenters. The number of hydrogen-bond acceptors (Lipinski definition) is 2. The van der Waals surface area contributed by atoms with E-state index in [1.165, 1.54) is 12.1 Å². The minimum Gasteiger partial charge on any atom is -0.496 e. The SMILES string of the molecule is COc1c(C)ccc(NC(=O)c2ccccc2F)c1C. The number of carbonyl (C=O) groups is 1. The Bertz CT molecular complexity index is 653. The van der Waals surface area contributed by atoms with Crippen LogP contribution in [0, 0.1) is 19.7 Å². The molecule has 0 aromatic heterocycles. The van der Waals surface area contributed by atoms with Crippen molar-refractivity contribution in [2.75, 3.05) is 12.4 Å². The molecule has 0 bridgehead atoms. The average Bonchev–Trinajstić information content (AvgIpc) is 2.43. The van der Waals surface area contributed by atoms with Crippen molar-refractivity contribution in [1.82, 2.24) is 0 Å². The molecule has 1 N–H and O–H groups in total. The Balaban J connectivity index is 2.32. The monoisotopic (exact) mass is 273 g/mol. The van der Waals surface area contributed by atoms with E-state index in [1.54, 1.807) is 25.3 Å². The third-order valence-electron chi connectivity index (χ3n) is 3.17. The Labute approximate surface area is 117 Å². The molecule has 3 nitrogen and oxygen atoms in total. The minimum absolute atomic E-state index is 0.0199. The summed E-state index contributed by atoms with van der Waals surface area (Å²) in [6.07, 6.45) is 0. The number of ether oxygens (including phenoxy) is 1. The van der Waals surface area contributed by atoms with Gasteiger partial charge in [-0.05, 0) is 37.6 Å². The minimum atomic E-state index is -0.540. The van der Waals surface area contributed by atoms with Gasteiger partial charge in [0.1, 0.15) is 11.6 Å². The smallest absolute Gasteiger partial charge is 0.258 e. The number of nitrogens with one attached hydrogen (secondary N) is 1. The summed E-state index contributed by atoms with van der Waals surface area (Å²) in [5, 5.41) is 2.71. The number of halogens is 1. The van der Waals surface area contributed by atoms with Gasteiger partial charge in [0.15, 0.2) is 0 Å². The van der Waals surface area contributed by atoms with Crippen LogP contribution in [0.5, 0.6) is 5.75 Å². The maximum atomic E-state index is 13.6. The van der Waals surface area contributed by atoms with Crippen molar-refractivity contribution in [2.24, 2.45) is 0 Å². The first-order valence-corrected chi connectivity index (χ1v) is 6.24. The van der Waals surface area contributed by atoms with Crippen LogP contribution < -0.4 is 10.1 Å². The van der Waals surface area contributed by atoms with Crippen molar-refractivity contribution in [3.63, 3.8) is 0 Å². The molecule has 1 amide bonds. The highest BCUT2D eigenvalue weighted by Crippen LogP contribution is 2.29. The van der Waals surface area contributed by atoms with E-state index in [9.17, 15) is 9.18 Å². The van der Waals surface area contributed by atoms with Crippen molar-refractivity contribution in [3.8, 4) is 5.75 Å². The third-order valence-corrected chi connectivity index (χ3v) is 3.17. The number of amides is 1.